The van der Waals surface area contributed by atoms with Crippen LogP contribution in [-0.4, -0.2) is 25.0 Å². The Hall–Kier alpha value is -1.75. The van der Waals surface area contributed by atoms with Gasteiger partial charge in [0.25, 0.3) is 0 Å². The molecule has 0 aliphatic carbocycles. The fraction of sp³-hybridized carbons (Fsp3) is 0.429. The minimum atomic E-state index is -0.760. The number of hydrogen-bond donors (Lipinski definition) is 3. The van der Waals surface area contributed by atoms with Gasteiger partial charge in [-0.15, -0.1) is 0 Å². The highest BCUT2D eigenvalue weighted by Crippen LogP contribution is 2.12. The van der Waals surface area contributed by atoms with Crippen molar-refractivity contribution in [1.29, 1.82) is 0 Å². The molecule has 1 aromatic rings. The van der Waals surface area contributed by atoms with Crippen molar-refractivity contribution < 1.29 is 9.59 Å². The Kier molecular flexibility index (Phi) is 5.82. The Balaban J connectivity index is 2.29. The van der Waals surface area contributed by atoms with Gasteiger partial charge in [0.05, 0.1) is 5.41 Å². The first-order valence-corrected chi connectivity index (χ1v) is 6.75. The fourth-order valence-corrected chi connectivity index (χ4v) is 1.68. The molecule has 0 aliphatic heterocycles. The molecule has 5 nitrogen and oxygen atoms in total. The van der Waals surface area contributed by atoms with E-state index in [2.05, 4.69) is 10.6 Å². The zero-order chi connectivity index (χ0) is 15.2. The van der Waals surface area contributed by atoms with Gasteiger partial charge in [0.1, 0.15) is 0 Å². The molecule has 0 atom stereocenters. The summed E-state index contributed by atoms with van der Waals surface area (Å²) in [6.07, 6.45) is 0.688. The van der Waals surface area contributed by atoms with E-state index < -0.39 is 11.3 Å². The van der Waals surface area contributed by atoms with Crippen LogP contribution in [0, 0.1) is 5.41 Å². The van der Waals surface area contributed by atoms with Gasteiger partial charge in [-0.05, 0) is 38.0 Å². The Morgan fingerprint density at radius 1 is 1.30 bits per heavy atom. The van der Waals surface area contributed by atoms with Gasteiger partial charge in [0, 0.05) is 18.1 Å². The summed E-state index contributed by atoms with van der Waals surface area (Å²) in [4.78, 5) is 22.7. The highest BCUT2D eigenvalue weighted by molar-refractivity contribution is 6.30. The van der Waals surface area contributed by atoms with Gasteiger partial charge in [-0.25, -0.2) is 4.79 Å². The zero-order valence-electron chi connectivity index (χ0n) is 11.7. The lowest BCUT2D eigenvalue weighted by atomic mass is 9.93. The van der Waals surface area contributed by atoms with Crippen molar-refractivity contribution >= 4 is 23.5 Å². The smallest absolute Gasteiger partial charge is 0.314 e. The van der Waals surface area contributed by atoms with Crippen molar-refractivity contribution in [2.45, 2.75) is 20.3 Å². The van der Waals surface area contributed by atoms with Gasteiger partial charge in [-0.3, -0.25) is 4.79 Å². The molecule has 0 spiro atoms. The van der Waals surface area contributed by atoms with E-state index in [9.17, 15) is 9.59 Å². The highest BCUT2D eigenvalue weighted by atomic mass is 35.5. The minimum Gasteiger partial charge on any atom is -0.369 e. The van der Waals surface area contributed by atoms with E-state index in [0.717, 1.165) is 5.56 Å². The predicted molar refractivity (Wildman–Crippen MR) is 79.5 cm³/mol. The first-order valence-electron chi connectivity index (χ1n) is 6.37. The number of rotatable bonds is 6. The number of carbonyl (C=O) groups is 2. The summed E-state index contributed by atoms with van der Waals surface area (Å²) < 4.78 is 0. The first-order chi connectivity index (χ1) is 9.31. The quantitative estimate of drug-likeness (QED) is 0.746. The molecule has 0 heterocycles. The average molecular weight is 298 g/mol. The lowest BCUT2D eigenvalue weighted by Gasteiger charge is -2.20. The molecule has 110 valence electrons. The molecule has 0 saturated carbocycles. The van der Waals surface area contributed by atoms with Gasteiger partial charge >= 0.3 is 6.03 Å². The molecule has 1 aromatic carbocycles. The number of nitrogens with two attached hydrogens (primary N) is 1. The summed E-state index contributed by atoms with van der Waals surface area (Å²) in [5.41, 5.74) is 5.52. The van der Waals surface area contributed by atoms with Crippen LogP contribution in [0.2, 0.25) is 5.02 Å². The molecule has 0 saturated heterocycles. The van der Waals surface area contributed by atoms with Crippen LogP contribution in [0.25, 0.3) is 0 Å². The number of benzene rings is 1. The van der Waals surface area contributed by atoms with E-state index in [1.807, 2.05) is 18.2 Å². The molecule has 0 bridgehead atoms. The van der Waals surface area contributed by atoms with Crippen molar-refractivity contribution in [1.82, 2.24) is 10.6 Å². The molecule has 1 rings (SSSR count). The SMILES string of the molecule is CC(C)(CNC(=O)NCCc1cccc(Cl)c1)C(N)=O. The van der Waals surface area contributed by atoms with Crippen molar-refractivity contribution in [2.75, 3.05) is 13.1 Å². The van der Waals surface area contributed by atoms with Crippen LogP contribution < -0.4 is 16.4 Å². The normalized spacial score (nSPS) is 10.9. The van der Waals surface area contributed by atoms with E-state index in [1.54, 1.807) is 19.9 Å². The molecule has 0 unspecified atom stereocenters. The van der Waals surface area contributed by atoms with E-state index in [0.29, 0.717) is 18.0 Å². The number of carbonyl (C=O) groups excluding carboxylic acids is 2. The molecule has 6 heteroatoms. The van der Waals surface area contributed by atoms with Crippen LogP contribution in [-0.2, 0) is 11.2 Å². The molecule has 0 aromatic heterocycles. The standard InChI is InChI=1S/C14H20ClN3O2/c1-14(2,12(16)19)9-18-13(20)17-7-6-10-4-3-5-11(15)8-10/h3-5,8H,6-7,9H2,1-2H3,(H2,16,19)(H2,17,18,20). The summed E-state index contributed by atoms with van der Waals surface area (Å²) in [7, 11) is 0. The van der Waals surface area contributed by atoms with Crippen molar-refractivity contribution in [3.63, 3.8) is 0 Å². The van der Waals surface area contributed by atoms with E-state index in [1.165, 1.54) is 0 Å². The molecule has 0 aliphatic rings. The van der Waals surface area contributed by atoms with Gasteiger partial charge < -0.3 is 16.4 Å². The number of urea groups is 1. The maximum Gasteiger partial charge on any atom is 0.314 e. The van der Waals surface area contributed by atoms with Crippen LogP contribution in [0.1, 0.15) is 19.4 Å². The van der Waals surface area contributed by atoms with E-state index in [4.69, 9.17) is 17.3 Å². The van der Waals surface area contributed by atoms with E-state index >= 15 is 0 Å². The van der Waals surface area contributed by atoms with E-state index in [-0.39, 0.29) is 12.6 Å². The summed E-state index contributed by atoms with van der Waals surface area (Å²) in [6.45, 7) is 4.05. The largest absolute Gasteiger partial charge is 0.369 e. The molecule has 0 fully saturated rings. The third kappa shape index (κ3) is 5.48. The highest BCUT2D eigenvalue weighted by Gasteiger charge is 2.25. The summed E-state index contributed by atoms with van der Waals surface area (Å²) in [6, 6.07) is 7.16. The third-order valence-electron chi connectivity index (χ3n) is 2.95. The van der Waals surface area contributed by atoms with Gasteiger partial charge in [0.15, 0.2) is 0 Å². The maximum absolute atomic E-state index is 11.6. The molecule has 4 N–H and O–H groups in total. The van der Waals surface area contributed by atoms with Gasteiger partial charge in [0.2, 0.25) is 5.91 Å². The number of nitrogens with one attached hydrogen (secondary N) is 2. The van der Waals surface area contributed by atoms with Crippen LogP contribution in [0.4, 0.5) is 4.79 Å². The minimum absolute atomic E-state index is 0.200. The Bertz CT molecular complexity index is 489. The predicted octanol–water partition coefficient (Wildman–Crippen LogP) is 1.69. The monoisotopic (exact) mass is 297 g/mol. The number of primary amides is 1. The second-order valence-electron chi connectivity index (χ2n) is 5.24. The van der Waals surface area contributed by atoms with Crippen molar-refractivity contribution in [3.05, 3.63) is 34.9 Å². The summed E-state index contributed by atoms with van der Waals surface area (Å²) >= 11 is 5.87. The molecule has 3 amide bonds. The van der Waals surface area contributed by atoms with Crippen molar-refractivity contribution in [3.8, 4) is 0 Å². The lowest BCUT2D eigenvalue weighted by molar-refractivity contribution is -0.125. The van der Waals surface area contributed by atoms with Crippen LogP contribution in [0.5, 0.6) is 0 Å². The van der Waals surface area contributed by atoms with Crippen LogP contribution >= 0.6 is 11.6 Å². The Morgan fingerprint density at radius 2 is 2.00 bits per heavy atom. The zero-order valence-corrected chi connectivity index (χ0v) is 12.5. The van der Waals surface area contributed by atoms with Crippen molar-refractivity contribution in [2.24, 2.45) is 11.1 Å². The Morgan fingerprint density at radius 3 is 2.60 bits per heavy atom. The van der Waals surface area contributed by atoms with Gasteiger partial charge in [-0.2, -0.15) is 0 Å². The second-order valence-corrected chi connectivity index (χ2v) is 5.67. The second kappa shape index (κ2) is 7.14. The maximum atomic E-state index is 11.6. The molecule has 0 radical (unpaired) electrons. The number of amides is 3. The van der Waals surface area contributed by atoms with Crippen LogP contribution in [0.3, 0.4) is 0 Å². The summed E-state index contributed by atoms with van der Waals surface area (Å²) in [5, 5.41) is 6.02. The molecular formula is C14H20ClN3O2. The average Bonchev–Trinajstić information content (AvgIpc) is 2.36. The van der Waals surface area contributed by atoms with Gasteiger partial charge in [-0.1, -0.05) is 23.7 Å². The molecular weight excluding hydrogens is 278 g/mol. The number of hydrogen-bond acceptors (Lipinski definition) is 2. The third-order valence-corrected chi connectivity index (χ3v) is 3.18. The molecule has 20 heavy (non-hydrogen) atoms. The Labute approximate surface area is 123 Å². The fourth-order valence-electron chi connectivity index (χ4n) is 1.46. The van der Waals surface area contributed by atoms with Crippen LogP contribution in [0.15, 0.2) is 24.3 Å². The topological polar surface area (TPSA) is 84.2 Å². The summed E-state index contributed by atoms with van der Waals surface area (Å²) in [5.74, 6) is -0.447. The lowest BCUT2D eigenvalue weighted by Crippen LogP contribution is -2.46. The first kappa shape index (κ1) is 16.3. The number of halogens is 1.